The summed E-state index contributed by atoms with van der Waals surface area (Å²) in [7, 11) is 0. The van der Waals surface area contributed by atoms with Gasteiger partial charge in [-0.05, 0) is 49.6 Å². The maximum Gasteiger partial charge on any atom is 0.416 e. The maximum atomic E-state index is 12.6. The first-order chi connectivity index (χ1) is 11.3. The van der Waals surface area contributed by atoms with E-state index >= 15 is 0 Å². The van der Waals surface area contributed by atoms with Crippen molar-refractivity contribution in [3.8, 4) is 0 Å². The predicted octanol–water partition coefficient (Wildman–Crippen LogP) is 3.90. The Bertz CT molecular complexity index is 532. The number of carbonyl (C=O) groups excluding carboxylic acids is 1. The molecule has 1 fully saturated rings. The second-order valence-electron chi connectivity index (χ2n) is 6.75. The zero-order valence-corrected chi connectivity index (χ0v) is 14.3. The number of nitrogens with zero attached hydrogens (tertiary/aromatic N) is 2. The second-order valence-corrected chi connectivity index (χ2v) is 6.75. The van der Waals surface area contributed by atoms with Crippen LogP contribution in [0.5, 0.6) is 0 Å². The fourth-order valence-corrected chi connectivity index (χ4v) is 2.88. The van der Waals surface area contributed by atoms with Gasteiger partial charge in [0.15, 0.2) is 0 Å². The molecular formula is C18H25F3N2O. The van der Waals surface area contributed by atoms with Crippen molar-refractivity contribution in [1.82, 2.24) is 9.80 Å². The molecule has 2 rings (SSSR count). The Hall–Kier alpha value is -1.56. The minimum Gasteiger partial charge on any atom is -0.336 e. The molecule has 1 aromatic carbocycles. The highest BCUT2D eigenvalue weighted by atomic mass is 19.4. The van der Waals surface area contributed by atoms with Crippen LogP contribution >= 0.6 is 0 Å². The minimum absolute atomic E-state index is 0.189. The van der Waals surface area contributed by atoms with Crippen LogP contribution in [0.25, 0.3) is 0 Å². The summed E-state index contributed by atoms with van der Waals surface area (Å²) in [6, 6.07) is 4.46. The van der Waals surface area contributed by atoms with Crippen molar-refractivity contribution in [2.45, 2.75) is 32.9 Å². The van der Waals surface area contributed by atoms with Gasteiger partial charge in [-0.25, -0.2) is 0 Å². The molecular weight excluding hydrogens is 317 g/mol. The molecule has 0 aromatic heterocycles. The van der Waals surface area contributed by atoms with Gasteiger partial charge in [0.05, 0.1) is 5.56 Å². The lowest BCUT2D eigenvalue weighted by molar-refractivity contribution is -0.137. The molecule has 134 valence electrons. The SMILES string of the molecule is CC(C)CCCN1CCN(C(=O)c2ccc(C(F)(F)F)cc2)CC1. The number of benzene rings is 1. The summed E-state index contributed by atoms with van der Waals surface area (Å²) < 4.78 is 37.7. The fraction of sp³-hybridized carbons (Fsp3) is 0.611. The predicted molar refractivity (Wildman–Crippen MR) is 87.9 cm³/mol. The quantitative estimate of drug-likeness (QED) is 0.810. The fourth-order valence-electron chi connectivity index (χ4n) is 2.88. The van der Waals surface area contributed by atoms with E-state index in [2.05, 4.69) is 18.7 Å². The molecule has 1 aliphatic rings. The number of amides is 1. The van der Waals surface area contributed by atoms with Crippen LogP contribution in [0.1, 0.15) is 42.6 Å². The van der Waals surface area contributed by atoms with Crippen molar-refractivity contribution >= 4 is 5.91 Å². The van der Waals surface area contributed by atoms with E-state index in [4.69, 9.17) is 0 Å². The molecule has 0 bridgehead atoms. The van der Waals surface area contributed by atoms with Crippen LogP contribution in [0.3, 0.4) is 0 Å². The van der Waals surface area contributed by atoms with E-state index in [-0.39, 0.29) is 5.91 Å². The molecule has 0 spiro atoms. The van der Waals surface area contributed by atoms with Crippen LogP contribution in [-0.4, -0.2) is 48.4 Å². The number of piperazine rings is 1. The van der Waals surface area contributed by atoms with Crippen LogP contribution < -0.4 is 0 Å². The van der Waals surface area contributed by atoms with Gasteiger partial charge >= 0.3 is 6.18 Å². The van der Waals surface area contributed by atoms with E-state index in [9.17, 15) is 18.0 Å². The minimum atomic E-state index is -4.37. The van der Waals surface area contributed by atoms with E-state index in [0.29, 0.717) is 24.6 Å². The largest absolute Gasteiger partial charge is 0.416 e. The van der Waals surface area contributed by atoms with Gasteiger partial charge in [-0.2, -0.15) is 13.2 Å². The molecule has 1 aliphatic heterocycles. The first-order valence-corrected chi connectivity index (χ1v) is 8.46. The molecule has 24 heavy (non-hydrogen) atoms. The first kappa shape index (κ1) is 18.8. The third-order valence-electron chi connectivity index (χ3n) is 4.37. The monoisotopic (exact) mass is 342 g/mol. The number of rotatable bonds is 5. The summed E-state index contributed by atoms with van der Waals surface area (Å²) in [5.74, 6) is 0.512. The van der Waals surface area contributed by atoms with E-state index in [1.807, 2.05) is 0 Å². The van der Waals surface area contributed by atoms with Crippen LogP contribution in [0.2, 0.25) is 0 Å². The molecule has 1 saturated heterocycles. The highest BCUT2D eigenvalue weighted by molar-refractivity contribution is 5.94. The van der Waals surface area contributed by atoms with Crippen LogP contribution in [-0.2, 0) is 6.18 Å². The summed E-state index contributed by atoms with van der Waals surface area (Å²) in [6.45, 7) is 8.36. The lowest BCUT2D eigenvalue weighted by Crippen LogP contribution is -2.48. The Balaban J connectivity index is 1.84. The van der Waals surface area contributed by atoms with E-state index in [1.54, 1.807) is 4.90 Å². The van der Waals surface area contributed by atoms with E-state index in [1.165, 1.54) is 18.6 Å². The molecule has 6 heteroatoms. The number of hydrogen-bond acceptors (Lipinski definition) is 2. The van der Waals surface area contributed by atoms with E-state index < -0.39 is 11.7 Å². The lowest BCUT2D eigenvalue weighted by atomic mass is 10.1. The van der Waals surface area contributed by atoms with Gasteiger partial charge in [-0.3, -0.25) is 9.69 Å². The van der Waals surface area contributed by atoms with Gasteiger partial charge < -0.3 is 4.90 Å². The Kier molecular flexibility index (Phi) is 6.27. The Morgan fingerprint density at radius 2 is 1.67 bits per heavy atom. The summed E-state index contributed by atoms with van der Waals surface area (Å²) in [4.78, 5) is 16.5. The Labute approximate surface area is 141 Å². The van der Waals surface area contributed by atoms with Gasteiger partial charge in [-0.1, -0.05) is 13.8 Å². The van der Waals surface area contributed by atoms with Gasteiger partial charge in [0, 0.05) is 31.7 Å². The normalized spacial score (nSPS) is 16.7. The summed E-state index contributed by atoms with van der Waals surface area (Å²) in [6.07, 6.45) is -2.02. The molecule has 1 aromatic rings. The maximum absolute atomic E-state index is 12.6. The van der Waals surface area contributed by atoms with Crippen molar-refractivity contribution in [1.29, 1.82) is 0 Å². The van der Waals surface area contributed by atoms with Crippen molar-refractivity contribution in [2.75, 3.05) is 32.7 Å². The molecule has 1 heterocycles. The second kappa shape index (κ2) is 8.01. The van der Waals surface area contributed by atoms with Crippen molar-refractivity contribution in [2.24, 2.45) is 5.92 Å². The molecule has 0 atom stereocenters. The molecule has 0 unspecified atom stereocenters. The van der Waals surface area contributed by atoms with Gasteiger partial charge in [0.1, 0.15) is 0 Å². The van der Waals surface area contributed by atoms with Crippen LogP contribution in [0.15, 0.2) is 24.3 Å². The molecule has 0 N–H and O–H groups in total. The lowest BCUT2D eigenvalue weighted by Gasteiger charge is -2.35. The average Bonchev–Trinajstić information content (AvgIpc) is 2.54. The number of halogens is 3. The number of hydrogen-bond donors (Lipinski definition) is 0. The smallest absolute Gasteiger partial charge is 0.336 e. The molecule has 1 amide bonds. The molecule has 3 nitrogen and oxygen atoms in total. The zero-order valence-electron chi connectivity index (χ0n) is 14.3. The summed E-state index contributed by atoms with van der Waals surface area (Å²) in [5.41, 5.74) is -0.412. The average molecular weight is 342 g/mol. The van der Waals surface area contributed by atoms with Crippen LogP contribution in [0.4, 0.5) is 13.2 Å². The zero-order chi connectivity index (χ0) is 17.7. The van der Waals surface area contributed by atoms with Crippen molar-refractivity contribution < 1.29 is 18.0 Å². The summed E-state index contributed by atoms with van der Waals surface area (Å²) >= 11 is 0. The third-order valence-corrected chi connectivity index (χ3v) is 4.37. The molecule has 0 radical (unpaired) electrons. The van der Waals surface area contributed by atoms with Crippen LogP contribution in [0, 0.1) is 5.92 Å². The third kappa shape index (κ3) is 5.23. The molecule has 0 aliphatic carbocycles. The Morgan fingerprint density at radius 1 is 1.08 bits per heavy atom. The topological polar surface area (TPSA) is 23.6 Å². The Morgan fingerprint density at radius 3 is 2.17 bits per heavy atom. The standard InChI is InChI=1S/C18H25F3N2O/c1-14(2)4-3-9-22-10-12-23(13-11-22)17(24)15-5-7-16(8-6-15)18(19,20)21/h5-8,14H,3-4,9-13H2,1-2H3. The highest BCUT2D eigenvalue weighted by Gasteiger charge is 2.30. The number of alkyl halides is 3. The van der Waals surface area contributed by atoms with Crippen molar-refractivity contribution in [3.05, 3.63) is 35.4 Å². The molecule has 0 saturated carbocycles. The van der Waals surface area contributed by atoms with Crippen molar-refractivity contribution in [3.63, 3.8) is 0 Å². The summed E-state index contributed by atoms with van der Waals surface area (Å²) in [5, 5.41) is 0. The van der Waals surface area contributed by atoms with Gasteiger partial charge in [-0.15, -0.1) is 0 Å². The number of carbonyl (C=O) groups is 1. The first-order valence-electron chi connectivity index (χ1n) is 8.46. The highest BCUT2D eigenvalue weighted by Crippen LogP contribution is 2.29. The van der Waals surface area contributed by atoms with Gasteiger partial charge in [0.25, 0.3) is 5.91 Å². The van der Waals surface area contributed by atoms with Gasteiger partial charge in [0.2, 0.25) is 0 Å². The van der Waals surface area contributed by atoms with E-state index in [0.717, 1.165) is 38.2 Å².